The van der Waals surface area contributed by atoms with E-state index in [-0.39, 0.29) is 6.04 Å². The molecule has 2 rings (SSSR count). The Morgan fingerprint density at radius 1 is 1.21 bits per heavy atom. The normalized spacial score (nSPS) is 11.8. The first kappa shape index (κ1) is 13.6. The molecule has 0 spiro atoms. The number of thiocarbonyl (C=S) groups is 1. The summed E-state index contributed by atoms with van der Waals surface area (Å²) in [6.45, 7) is 2.97. The van der Waals surface area contributed by atoms with Crippen molar-refractivity contribution in [2.75, 3.05) is 6.54 Å². The standard InChI is InChI=1S/C15H18N2OS/c1-2-10-16-15(19)17-14(13-9-6-11-18-13)12-7-4-3-5-8-12/h3-9,11,14H,2,10H2,1H3,(H2,16,17,19)/t14-/m1/s1. The molecule has 0 fully saturated rings. The van der Waals surface area contributed by atoms with Gasteiger partial charge in [0.05, 0.1) is 6.26 Å². The molecule has 0 aliphatic carbocycles. The van der Waals surface area contributed by atoms with Crippen LogP contribution in [0, 0.1) is 0 Å². The second kappa shape index (κ2) is 6.95. The van der Waals surface area contributed by atoms with Crippen LogP contribution in [-0.2, 0) is 0 Å². The van der Waals surface area contributed by atoms with Crippen LogP contribution >= 0.6 is 12.2 Å². The zero-order chi connectivity index (χ0) is 13.5. The van der Waals surface area contributed by atoms with E-state index in [0.717, 1.165) is 24.3 Å². The van der Waals surface area contributed by atoms with Crippen LogP contribution in [-0.4, -0.2) is 11.7 Å². The lowest BCUT2D eigenvalue weighted by Gasteiger charge is -2.19. The summed E-state index contributed by atoms with van der Waals surface area (Å²) in [4.78, 5) is 0. The summed E-state index contributed by atoms with van der Waals surface area (Å²) in [5.74, 6) is 0.854. The first-order valence-electron chi connectivity index (χ1n) is 6.44. The molecule has 0 saturated heterocycles. The first-order valence-corrected chi connectivity index (χ1v) is 6.84. The van der Waals surface area contributed by atoms with Crippen molar-refractivity contribution in [1.82, 2.24) is 10.6 Å². The van der Waals surface area contributed by atoms with Crippen LogP contribution < -0.4 is 10.6 Å². The molecule has 2 aromatic rings. The monoisotopic (exact) mass is 274 g/mol. The SMILES string of the molecule is CCCNC(=S)N[C@H](c1ccccc1)c1ccco1. The minimum Gasteiger partial charge on any atom is -0.467 e. The molecular weight excluding hydrogens is 256 g/mol. The van der Waals surface area contributed by atoms with E-state index >= 15 is 0 Å². The summed E-state index contributed by atoms with van der Waals surface area (Å²) >= 11 is 5.31. The van der Waals surface area contributed by atoms with Crippen molar-refractivity contribution >= 4 is 17.3 Å². The number of benzene rings is 1. The first-order chi connectivity index (χ1) is 9.31. The highest BCUT2D eigenvalue weighted by atomic mass is 32.1. The van der Waals surface area contributed by atoms with E-state index in [1.807, 2.05) is 30.3 Å². The van der Waals surface area contributed by atoms with Gasteiger partial charge in [-0.2, -0.15) is 0 Å². The molecule has 0 aliphatic heterocycles. The fraction of sp³-hybridized carbons (Fsp3) is 0.267. The summed E-state index contributed by atoms with van der Waals surface area (Å²) in [5, 5.41) is 7.12. The maximum absolute atomic E-state index is 5.51. The van der Waals surface area contributed by atoms with E-state index in [2.05, 4.69) is 29.7 Å². The van der Waals surface area contributed by atoms with Crippen LogP contribution in [0.25, 0.3) is 0 Å². The molecule has 1 aromatic heterocycles. The fourth-order valence-electron chi connectivity index (χ4n) is 1.84. The van der Waals surface area contributed by atoms with Gasteiger partial charge in [0.1, 0.15) is 11.8 Å². The second-order valence-electron chi connectivity index (χ2n) is 4.26. The highest BCUT2D eigenvalue weighted by Crippen LogP contribution is 2.22. The van der Waals surface area contributed by atoms with Gasteiger partial charge in [-0.1, -0.05) is 37.3 Å². The summed E-state index contributed by atoms with van der Waals surface area (Å²) in [6, 6.07) is 13.9. The van der Waals surface area contributed by atoms with Gasteiger partial charge in [0.15, 0.2) is 5.11 Å². The summed E-state index contributed by atoms with van der Waals surface area (Å²) in [7, 11) is 0. The van der Waals surface area contributed by atoms with Crippen LogP contribution in [0.15, 0.2) is 53.1 Å². The predicted octanol–water partition coefficient (Wildman–Crippen LogP) is 3.24. The molecule has 1 atom stereocenters. The average Bonchev–Trinajstić information content (AvgIpc) is 2.97. The van der Waals surface area contributed by atoms with Crippen LogP contribution in [0.4, 0.5) is 0 Å². The zero-order valence-corrected chi connectivity index (χ0v) is 11.7. The quantitative estimate of drug-likeness (QED) is 0.821. The lowest BCUT2D eigenvalue weighted by molar-refractivity contribution is 0.474. The van der Waals surface area contributed by atoms with Gasteiger partial charge in [-0.25, -0.2) is 0 Å². The smallest absolute Gasteiger partial charge is 0.167 e. The molecule has 0 bridgehead atoms. The van der Waals surface area contributed by atoms with Crippen molar-refractivity contribution in [3.63, 3.8) is 0 Å². The highest BCUT2D eigenvalue weighted by molar-refractivity contribution is 7.80. The van der Waals surface area contributed by atoms with Crippen molar-refractivity contribution in [2.45, 2.75) is 19.4 Å². The molecule has 4 heteroatoms. The predicted molar refractivity (Wildman–Crippen MR) is 81.0 cm³/mol. The molecule has 19 heavy (non-hydrogen) atoms. The Bertz CT molecular complexity index is 496. The Kier molecular flexibility index (Phi) is 4.98. The highest BCUT2D eigenvalue weighted by Gasteiger charge is 2.17. The summed E-state index contributed by atoms with van der Waals surface area (Å²) in [6.07, 6.45) is 2.72. The molecule has 2 N–H and O–H groups in total. The summed E-state index contributed by atoms with van der Waals surface area (Å²) in [5.41, 5.74) is 1.12. The molecule has 0 saturated carbocycles. The molecule has 3 nitrogen and oxygen atoms in total. The summed E-state index contributed by atoms with van der Waals surface area (Å²) < 4.78 is 5.51. The average molecular weight is 274 g/mol. The maximum atomic E-state index is 5.51. The molecule has 100 valence electrons. The molecule has 1 heterocycles. The number of rotatable bonds is 5. The lowest BCUT2D eigenvalue weighted by atomic mass is 10.1. The van der Waals surface area contributed by atoms with E-state index in [1.165, 1.54) is 0 Å². The molecule has 0 aliphatic rings. The number of hydrogen-bond donors (Lipinski definition) is 2. The zero-order valence-electron chi connectivity index (χ0n) is 10.9. The van der Waals surface area contributed by atoms with Crippen molar-refractivity contribution in [3.8, 4) is 0 Å². The third-order valence-corrected chi connectivity index (χ3v) is 3.03. The molecule has 0 radical (unpaired) electrons. The van der Waals surface area contributed by atoms with Gasteiger partial charge in [0.2, 0.25) is 0 Å². The Morgan fingerprint density at radius 3 is 2.63 bits per heavy atom. The Labute approximate surface area is 119 Å². The van der Waals surface area contributed by atoms with Crippen molar-refractivity contribution < 1.29 is 4.42 Å². The molecular formula is C15H18N2OS. The van der Waals surface area contributed by atoms with Crippen LogP contribution in [0.5, 0.6) is 0 Å². The minimum atomic E-state index is -0.0620. The van der Waals surface area contributed by atoms with Gasteiger partial charge in [0, 0.05) is 6.54 Å². The topological polar surface area (TPSA) is 37.2 Å². The van der Waals surface area contributed by atoms with Crippen LogP contribution in [0.3, 0.4) is 0 Å². The molecule has 1 aromatic carbocycles. The largest absolute Gasteiger partial charge is 0.467 e. The number of furan rings is 1. The number of hydrogen-bond acceptors (Lipinski definition) is 2. The molecule has 0 unspecified atom stereocenters. The maximum Gasteiger partial charge on any atom is 0.167 e. The third kappa shape index (κ3) is 3.83. The second-order valence-corrected chi connectivity index (χ2v) is 4.67. The van der Waals surface area contributed by atoms with E-state index in [9.17, 15) is 0 Å². The van der Waals surface area contributed by atoms with E-state index in [1.54, 1.807) is 6.26 Å². The molecule has 0 amide bonds. The van der Waals surface area contributed by atoms with E-state index in [4.69, 9.17) is 16.6 Å². The lowest BCUT2D eigenvalue weighted by Crippen LogP contribution is -2.38. The fourth-order valence-corrected chi connectivity index (χ4v) is 2.06. The van der Waals surface area contributed by atoms with Gasteiger partial charge >= 0.3 is 0 Å². The van der Waals surface area contributed by atoms with Crippen LogP contribution in [0.1, 0.15) is 30.7 Å². The van der Waals surface area contributed by atoms with Gasteiger partial charge in [0.25, 0.3) is 0 Å². The Balaban J connectivity index is 2.14. The van der Waals surface area contributed by atoms with Crippen LogP contribution in [0.2, 0.25) is 0 Å². The van der Waals surface area contributed by atoms with Gasteiger partial charge in [-0.3, -0.25) is 0 Å². The minimum absolute atomic E-state index is 0.0620. The van der Waals surface area contributed by atoms with Crippen molar-refractivity contribution in [2.24, 2.45) is 0 Å². The Hall–Kier alpha value is -1.81. The Morgan fingerprint density at radius 2 is 2.00 bits per heavy atom. The van der Waals surface area contributed by atoms with Crippen molar-refractivity contribution in [1.29, 1.82) is 0 Å². The van der Waals surface area contributed by atoms with Gasteiger partial charge < -0.3 is 15.1 Å². The van der Waals surface area contributed by atoms with Gasteiger partial charge in [-0.15, -0.1) is 0 Å². The van der Waals surface area contributed by atoms with E-state index < -0.39 is 0 Å². The van der Waals surface area contributed by atoms with E-state index in [0.29, 0.717) is 5.11 Å². The van der Waals surface area contributed by atoms with Crippen molar-refractivity contribution in [3.05, 3.63) is 60.1 Å². The number of nitrogens with one attached hydrogen (secondary N) is 2. The van der Waals surface area contributed by atoms with Gasteiger partial charge in [-0.05, 0) is 36.3 Å². The third-order valence-electron chi connectivity index (χ3n) is 2.77.